The molecule has 1 aliphatic rings. The molecule has 102 valence electrons. The molecule has 0 aliphatic carbocycles. The molecule has 2 heterocycles. The molecule has 3 N–H and O–H groups in total. The lowest BCUT2D eigenvalue weighted by molar-refractivity contribution is 0.100. The Kier molecular flexibility index (Phi) is 3.03. The first-order chi connectivity index (χ1) is 9.65. The second kappa shape index (κ2) is 4.86. The van der Waals surface area contributed by atoms with E-state index in [0.717, 1.165) is 0 Å². The van der Waals surface area contributed by atoms with Gasteiger partial charge < -0.3 is 20.5 Å². The number of benzene rings is 1. The second-order valence-corrected chi connectivity index (χ2v) is 4.97. The molecule has 1 aliphatic heterocycles. The highest BCUT2D eigenvalue weighted by Gasteiger charge is 2.18. The van der Waals surface area contributed by atoms with Crippen LogP contribution in [0.3, 0.4) is 0 Å². The van der Waals surface area contributed by atoms with E-state index >= 15 is 0 Å². The van der Waals surface area contributed by atoms with Gasteiger partial charge in [0.05, 0.1) is 5.56 Å². The molecule has 1 aromatic carbocycles. The van der Waals surface area contributed by atoms with Crippen LogP contribution in [0, 0.1) is 0 Å². The van der Waals surface area contributed by atoms with Crippen LogP contribution < -0.4 is 20.5 Å². The van der Waals surface area contributed by atoms with E-state index in [9.17, 15) is 9.59 Å². The van der Waals surface area contributed by atoms with Crippen molar-refractivity contribution in [1.29, 1.82) is 0 Å². The molecule has 2 amide bonds. The Morgan fingerprint density at radius 3 is 2.80 bits per heavy atom. The van der Waals surface area contributed by atoms with Crippen molar-refractivity contribution in [2.45, 2.75) is 0 Å². The lowest BCUT2D eigenvalue weighted by Gasteiger charge is -2.05. The Bertz CT molecular complexity index is 695. The Balaban J connectivity index is 1.83. The molecule has 1 aromatic heterocycles. The Morgan fingerprint density at radius 1 is 1.20 bits per heavy atom. The van der Waals surface area contributed by atoms with Crippen LogP contribution >= 0.6 is 11.3 Å². The Morgan fingerprint density at radius 2 is 2.00 bits per heavy atom. The van der Waals surface area contributed by atoms with Crippen molar-refractivity contribution in [2.75, 3.05) is 12.1 Å². The number of thiophene rings is 1. The van der Waals surface area contributed by atoms with E-state index in [1.165, 1.54) is 11.3 Å². The number of anilines is 1. The van der Waals surface area contributed by atoms with Crippen molar-refractivity contribution >= 4 is 28.2 Å². The average Bonchev–Trinajstić information content (AvgIpc) is 3.05. The summed E-state index contributed by atoms with van der Waals surface area (Å²) in [6, 6.07) is 6.46. The Labute approximate surface area is 118 Å². The quantitative estimate of drug-likeness (QED) is 0.902. The molecule has 0 atom stereocenters. The van der Waals surface area contributed by atoms with Crippen LogP contribution in [0.5, 0.6) is 11.5 Å². The van der Waals surface area contributed by atoms with Crippen molar-refractivity contribution in [1.82, 2.24) is 0 Å². The van der Waals surface area contributed by atoms with Crippen LogP contribution in [-0.4, -0.2) is 18.6 Å². The van der Waals surface area contributed by atoms with Gasteiger partial charge in [-0.05, 0) is 29.6 Å². The molecule has 0 fully saturated rings. The summed E-state index contributed by atoms with van der Waals surface area (Å²) in [4.78, 5) is 23.3. The summed E-state index contributed by atoms with van der Waals surface area (Å²) in [7, 11) is 0. The number of carbonyl (C=O) groups excluding carboxylic acids is 2. The summed E-state index contributed by atoms with van der Waals surface area (Å²) in [5.41, 5.74) is 5.94. The molecule has 20 heavy (non-hydrogen) atoms. The van der Waals surface area contributed by atoms with Gasteiger partial charge in [0.15, 0.2) is 11.5 Å². The molecule has 0 radical (unpaired) electrons. The first-order valence-corrected chi connectivity index (χ1v) is 6.61. The van der Waals surface area contributed by atoms with Crippen molar-refractivity contribution in [3.63, 3.8) is 0 Å². The SMILES string of the molecule is NC(=O)c1ccsc1NC(=O)c1ccc2c(c1)OCO2. The zero-order chi connectivity index (χ0) is 14.1. The standard InChI is InChI=1S/C13H10N2O4S/c14-11(16)8-3-4-20-13(8)15-12(17)7-1-2-9-10(5-7)19-6-18-9/h1-5H,6H2,(H2,14,16)(H,15,17). The maximum atomic E-state index is 12.1. The van der Waals surface area contributed by atoms with E-state index in [-0.39, 0.29) is 12.7 Å². The predicted octanol–water partition coefficient (Wildman–Crippen LogP) is 1.83. The van der Waals surface area contributed by atoms with Gasteiger partial charge in [-0.2, -0.15) is 0 Å². The minimum Gasteiger partial charge on any atom is -0.454 e. The van der Waals surface area contributed by atoms with Gasteiger partial charge in [-0.15, -0.1) is 11.3 Å². The van der Waals surface area contributed by atoms with Gasteiger partial charge in [0.1, 0.15) is 5.00 Å². The van der Waals surface area contributed by atoms with E-state index < -0.39 is 5.91 Å². The normalized spacial score (nSPS) is 12.2. The number of hydrogen-bond acceptors (Lipinski definition) is 5. The van der Waals surface area contributed by atoms with Gasteiger partial charge in [0.25, 0.3) is 11.8 Å². The largest absolute Gasteiger partial charge is 0.454 e. The summed E-state index contributed by atoms with van der Waals surface area (Å²) in [5, 5.41) is 4.78. The predicted molar refractivity (Wildman–Crippen MR) is 73.4 cm³/mol. The van der Waals surface area contributed by atoms with Crippen molar-refractivity contribution in [2.24, 2.45) is 5.73 Å². The summed E-state index contributed by atoms with van der Waals surface area (Å²) >= 11 is 1.24. The van der Waals surface area contributed by atoms with Crippen LogP contribution in [0.2, 0.25) is 0 Å². The summed E-state index contributed by atoms with van der Waals surface area (Å²) in [6.07, 6.45) is 0. The van der Waals surface area contributed by atoms with Gasteiger partial charge in [0, 0.05) is 5.56 Å². The van der Waals surface area contributed by atoms with Crippen LogP contribution in [0.25, 0.3) is 0 Å². The summed E-state index contributed by atoms with van der Waals surface area (Å²) < 4.78 is 10.4. The van der Waals surface area contributed by atoms with Gasteiger partial charge in [0.2, 0.25) is 6.79 Å². The van der Waals surface area contributed by atoms with Gasteiger partial charge in [-0.25, -0.2) is 0 Å². The molecule has 0 spiro atoms. The molecule has 3 rings (SSSR count). The number of carbonyl (C=O) groups is 2. The lowest BCUT2D eigenvalue weighted by Crippen LogP contribution is -2.16. The third-order valence-electron chi connectivity index (χ3n) is 2.79. The molecule has 7 heteroatoms. The highest BCUT2D eigenvalue weighted by Crippen LogP contribution is 2.33. The van der Waals surface area contributed by atoms with E-state index in [2.05, 4.69) is 5.32 Å². The van der Waals surface area contributed by atoms with Crippen molar-refractivity contribution in [3.8, 4) is 11.5 Å². The number of hydrogen-bond donors (Lipinski definition) is 2. The van der Waals surface area contributed by atoms with E-state index in [0.29, 0.717) is 27.6 Å². The third-order valence-corrected chi connectivity index (χ3v) is 3.62. The fraction of sp³-hybridized carbons (Fsp3) is 0.0769. The number of nitrogens with one attached hydrogen (secondary N) is 1. The maximum absolute atomic E-state index is 12.1. The topological polar surface area (TPSA) is 90.7 Å². The molecule has 0 saturated carbocycles. The number of rotatable bonds is 3. The Hall–Kier alpha value is -2.54. The summed E-state index contributed by atoms with van der Waals surface area (Å²) in [5.74, 6) is 0.218. The second-order valence-electron chi connectivity index (χ2n) is 4.05. The number of amides is 2. The fourth-order valence-corrected chi connectivity index (χ4v) is 2.60. The zero-order valence-electron chi connectivity index (χ0n) is 10.2. The zero-order valence-corrected chi connectivity index (χ0v) is 11.0. The van der Waals surface area contributed by atoms with E-state index in [1.807, 2.05) is 0 Å². The van der Waals surface area contributed by atoms with E-state index in [1.54, 1.807) is 29.6 Å². The van der Waals surface area contributed by atoms with E-state index in [4.69, 9.17) is 15.2 Å². The van der Waals surface area contributed by atoms with Crippen LogP contribution in [0.1, 0.15) is 20.7 Å². The number of fused-ring (bicyclic) bond motifs is 1. The molecule has 2 aromatic rings. The van der Waals surface area contributed by atoms with Gasteiger partial charge in [-0.1, -0.05) is 0 Å². The van der Waals surface area contributed by atoms with Crippen LogP contribution in [0.15, 0.2) is 29.6 Å². The van der Waals surface area contributed by atoms with Crippen molar-refractivity contribution < 1.29 is 19.1 Å². The minimum atomic E-state index is -0.577. The molecule has 0 unspecified atom stereocenters. The van der Waals surface area contributed by atoms with Gasteiger partial charge in [-0.3, -0.25) is 9.59 Å². The fourth-order valence-electron chi connectivity index (χ4n) is 1.81. The molecule has 0 bridgehead atoms. The average molecular weight is 290 g/mol. The highest BCUT2D eigenvalue weighted by atomic mass is 32.1. The maximum Gasteiger partial charge on any atom is 0.256 e. The smallest absolute Gasteiger partial charge is 0.256 e. The lowest BCUT2D eigenvalue weighted by atomic mass is 10.2. The third kappa shape index (κ3) is 2.19. The van der Waals surface area contributed by atoms with Crippen molar-refractivity contribution in [3.05, 3.63) is 40.8 Å². The summed E-state index contributed by atoms with van der Waals surface area (Å²) in [6.45, 7) is 0.150. The molecule has 0 saturated heterocycles. The van der Waals surface area contributed by atoms with Crippen LogP contribution in [-0.2, 0) is 0 Å². The van der Waals surface area contributed by atoms with Crippen LogP contribution in [0.4, 0.5) is 5.00 Å². The number of nitrogens with two attached hydrogens (primary N) is 1. The molecular formula is C13H10N2O4S. The molecular weight excluding hydrogens is 280 g/mol. The number of primary amides is 1. The molecule has 6 nitrogen and oxygen atoms in total. The minimum absolute atomic E-state index is 0.150. The first-order valence-electron chi connectivity index (χ1n) is 5.73. The monoisotopic (exact) mass is 290 g/mol. The highest BCUT2D eigenvalue weighted by molar-refractivity contribution is 7.14. The van der Waals surface area contributed by atoms with Gasteiger partial charge >= 0.3 is 0 Å². The first kappa shape index (κ1) is 12.5. The number of ether oxygens (including phenoxy) is 2.